The number of nitro groups is 1. The molecule has 5 nitrogen and oxygen atoms in total. The van der Waals surface area contributed by atoms with Gasteiger partial charge >= 0.3 is 0 Å². The lowest BCUT2D eigenvalue weighted by Gasteiger charge is -2.34. The predicted octanol–water partition coefficient (Wildman–Crippen LogP) is 2.30. The number of nitrogens with zero attached hydrogens (tertiary/aromatic N) is 2. The van der Waals surface area contributed by atoms with Crippen LogP contribution in [0.1, 0.15) is 19.3 Å². The van der Waals surface area contributed by atoms with Crippen molar-refractivity contribution in [2.24, 2.45) is 11.7 Å². The van der Waals surface area contributed by atoms with E-state index in [0.29, 0.717) is 25.6 Å². The molecule has 0 bridgehead atoms. The summed E-state index contributed by atoms with van der Waals surface area (Å²) in [5.41, 5.74) is 5.51. The van der Waals surface area contributed by atoms with E-state index < -0.39 is 10.7 Å². The smallest absolute Gasteiger partial charge is 0.295 e. The molecule has 0 aliphatic carbocycles. The van der Waals surface area contributed by atoms with E-state index in [9.17, 15) is 14.5 Å². The number of halogens is 1. The molecule has 2 rings (SSSR count). The third-order valence-corrected chi connectivity index (χ3v) is 3.57. The van der Waals surface area contributed by atoms with E-state index in [4.69, 9.17) is 5.73 Å². The molecular formula is C13H18FN3O2. The first kappa shape index (κ1) is 13.7. The van der Waals surface area contributed by atoms with Crippen molar-refractivity contribution in [1.82, 2.24) is 0 Å². The molecule has 0 amide bonds. The van der Waals surface area contributed by atoms with E-state index in [-0.39, 0.29) is 11.4 Å². The standard InChI is InChI=1S/C13H18FN3O2/c14-11-4-1-5-12(17(18)19)13(11)16-8-2-3-10(9-16)6-7-15/h1,4-5,10H,2-3,6-9,15H2. The largest absolute Gasteiger partial charge is 0.363 e. The lowest BCUT2D eigenvalue weighted by atomic mass is 9.94. The summed E-state index contributed by atoms with van der Waals surface area (Å²) < 4.78 is 13.9. The van der Waals surface area contributed by atoms with E-state index in [0.717, 1.165) is 19.3 Å². The second-order valence-electron chi connectivity index (χ2n) is 4.90. The van der Waals surface area contributed by atoms with Crippen LogP contribution in [0.5, 0.6) is 0 Å². The van der Waals surface area contributed by atoms with Crippen LogP contribution >= 0.6 is 0 Å². The Hall–Kier alpha value is -1.69. The highest BCUT2D eigenvalue weighted by atomic mass is 19.1. The van der Waals surface area contributed by atoms with Gasteiger partial charge in [0.2, 0.25) is 0 Å². The normalized spacial score (nSPS) is 19.5. The zero-order chi connectivity index (χ0) is 13.8. The van der Waals surface area contributed by atoms with Crippen LogP contribution in [-0.4, -0.2) is 24.6 Å². The zero-order valence-electron chi connectivity index (χ0n) is 10.7. The summed E-state index contributed by atoms with van der Waals surface area (Å²) >= 11 is 0. The molecule has 1 atom stereocenters. The van der Waals surface area contributed by atoms with Crippen LogP contribution in [-0.2, 0) is 0 Å². The van der Waals surface area contributed by atoms with E-state index in [1.165, 1.54) is 18.2 Å². The van der Waals surface area contributed by atoms with Gasteiger partial charge in [0.25, 0.3) is 5.69 Å². The molecule has 19 heavy (non-hydrogen) atoms. The van der Waals surface area contributed by atoms with Crippen molar-refractivity contribution < 1.29 is 9.31 Å². The molecule has 0 radical (unpaired) electrons. The highest BCUT2D eigenvalue weighted by Crippen LogP contribution is 2.34. The van der Waals surface area contributed by atoms with Gasteiger partial charge in [-0.25, -0.2) is 4.39 Å². The third kappa shape index (κ3) is 3.01. The Balaban J connectivity index is 2.28. The maximum Gasteiger partial charge on any atom is 0.295 e. The van der Waals surface area contributed by atoms with Crippen molar-refractivity contribution >= 4 is 11.4 Å². The summed E-state index contributed by atoms with van der Waals surface area (Å²) in [6, 6.07) is 4.00. The molecule has 0 aromatic heterocycles. The Bertz CT molecular complexity index is 465. The molecule has 1 heterocycles. The minimum atomic E-state index is -0.525. The minimum absolute atomic E-state index is 0.120. The van der Waals surface area contributed by atoms with Crippen molar-refractivity contribution in [3.8, 4) is 0 Å². The van der Waals surface area contributed by atoms with Crippen LogP contribution in [0.15, 0.2) is 18.2 Å². The summed E-state index contributed by atoms with van der Waals surface area (Å²) in [6.45, 7) is 1.89. The van der Waals surface area contributed by atoms with Crippen LogP contribution in [0.4, 0.5) is 15.8 Å². The average molecular weight is 267 g/mol. The topological polar surface area (TPSA) is 72.4 Å². The van der Waals surface area contributed by atoms with Gasteiger partial charge in [0.05, 0.1) is 4.92 Å². The Morgan fingerprint density at radius 3 is 3.00 bits per heavy atom. The molecule has 1 saturated heterocycles. The van der Waals surface area contributed by atoms with Crippen LogP contribution in [0.25, 0.3) is 0 Å². The van der Waals surface area contributed by atoms with E-state index in [1.54, 1.807) is 4.90 Å². The molecule has 1 unspecified atom stereocenters. The highest BCUT2D eigenvalue weighted by molar-refractivity contribution is 5.64. The number of rotatable bonds is 4. The zero-order valence-corrected chi connectivity index (χ0v) is 10.7. The number of hydrogen-bond acceptors (Lipinski definition) is 4. The van der Waals surface area contributed by atoms with E-state index in [2.05, 4.69) is 0 Å². The van der Waals surface area contributed by atoms with Gasteiger partial charge in [-0.05, 0) is 37.8 Å². The molecule has 104 valence electrons. The lowest BCUT2D eigenvalue weighted by molar-refractivity contribution is -0.384. The fourth-order valence-corrected chi connectivity index (χ4v) is 2.70. The van der Waals surface area contributed by atoms with Gasteiger partial charge in [-0.3, -0.25) is 10.1 Å². The molecule has 6 heteroatoms. The van der Waals surface area contributed by atoms with Crippen molar-refractivity contribution in [1.29, 1.82) is 0 Å². The summed E-state index contributed by atoms with van der Waals surface area (Å²) in [4.78, 5) is 12.3. The van der Waals surface area contributed by atoms with Crippen molar-refractivity contribution in [3.63, 3.8) is 0 Å². The fourth-order valence-electron chi connectivity index (χ4n) is 2.70. The first-order valence-electron chi connectivity index (χ1n) is 6.51. The number of hydrogen-bond donors (Lipinski definition) is 1. The molecule has 0 saturated carbocycles. The molecule has 2 N–H and O–H groups in total. The summed E-state index contributed by atoms with van der Waals surface area (Å²) in [6.07, 6.45) is 2.84. The summed E-state index contributed by atoms with van der Waals surface area (Å²) in [5, 5.41) is 11.0. The lowest BCUT2D eigenvalue weighted by Crippen LogP contribution is -2.37. The van der Waals surface area contributed by atoms with E-state index in [1.807, 2.05) is 0 Å². The predicted molar refractivity (Wildman–Crippen MR) is 71.7 cm³/mol. The molecule has 0 spiro atoms. The molecule has 1 aliphatic rings. The first-order chi connectivity index (χ1) is 9.13. The summed E-state index contributed by atoms with van der Waals surface area (Å²) in [5.74, 6) is -0.138. The molecule has 1 aromatic carbocycles. The highest BCUT2D eigenvalue weighted by Gasteiger charge is 2.27. The van der Waals surface area contributed by atoms with Gasteiger partial charge in [0.15, 0.2) is 11.5 Å². The molecular weight excluding hydrogens is 249 g/mol. The number of para-hydroxylation sites is 1. The van der Waals surface area contributed by atoms with Gasteiger partial charge in [-0.1, -0.05) is 6.07 Å². The maximum absolute atomic E-state index is 13.9. The number of piperidine rings is 1. The van der Waals surface area contributed by atoms with Crippen LogP contribution in [0.3, 0.4) is 0 Å². The third-order valence-electron chi connectivity index (χ3n) is 3.57. The van der Waals surface area contributed by atoms with Crippen LogP contribution in [0.2, 0.25) is 0 Å². The van der Waals surface area contributed by atoms with Gasteiger partial charge in [-0.15, -0.1) is 0 Å². The monoisotopic (exact) mass is 267 g/mol. The van der Waals surface area contributed by atoms with Gasteiger partial charge in [0, 0.05) is 19.2 Å². The molecule has 1 aromatic rings. The summed E-state index contributed by atoms with van der Waals surface area (Å²) in [7, 11) is 0. The Morgan fingerprint density at radius 1 is 1.53 bits per heavy atom. The van der Waals surface area contributed by atoms with Crippen molar-refractivity contribution in [2.75, 3.05) is 24.5 Å². The minimum Gasteiger partial charge on any atom is -0.363 e. The maximum atomic E-state index is 13.9. The van der Waals surface area contributed by atoms with Crippen molar-refractivity contribution in [2.45, 2.75) is 19.3 Å². The second kappa shape index (κ2) is 5.97. The SMILES string of the molecule is NCCC1CCCN(c2c(F)cccc2[N+](=O)[O-])C1. The van der Waals surface area contributed by atoms with Crippen LogP contribution in [0, 0.1) is 21.8 Å². The number of benzene rings is 1. The van der Waals surface area contributed by atoms with Gasteiger partial charge in [0.1, 0.15) is 0 Å². The first-order valence-corrected chi connectivity index (χ1v) is 6.51. The number of anilines is 1. The quantitative estimate of drug-likeness (QED) is 0.671. The van der Waals surface area contributed by atoms with Gasteiger partial charge < -0.3 is 10.6 Å². The van der Waals surface area contributed by atoms with E-state index >= 15 is 0 Å². The van der Waals surface area contributed by atoms with Crippen molar-refractivity contribution in [3.05, 3.63) is 34.1 Å². The van der Waals surface area contributed by atoms with Crippen LogP contribution < -0.4 is 10.6 Å². The van der Waals surface area contributed by atoms with Gasteiger partial charge in [-0.2, -0.15) is 0 Å². The Morgan fingerprint density at radius 2 is 2.32 bits per heavy atom. The molecule has 1 aliphatic heterocycles. The molecule has 1 fully saturated rings. The Labute approximate surface area is 111 Å². The second-order valence-corrected chi connectivity index (χ2v) is 4.90. The Kier molecular flexibility index (Phi) is 4.31. The number of nitro benzene ring substituents is 1. The average Bonchev–Trinajstić information content (AvgIpc) is 2.39. The fraction of sp³-hybridized carbons (Fsp3) is 0.538. The number of nitrogens with two attached hydrogens (primary N) is 1.